The van der Waals surface area contributed by atoms with Crippen LogP contribution in [0.2, 0.25) is 5.02 Å². The number of benzene rings is 3. The molecular formula is C26H19ClFN3O7. The van der Waals surface area contributed by atoms with Crippen LogP contribution in [0.25, 0.3) is 0 Å². The second-order valence-corrected chi connectivity index (χ2v) is 8.76. The van der Waals surface area contributed by atoms with Gasteiger partial charge in [-0.15, -0.1) is 0 Å². The summed E-state index contributed by atoms with van der Waals surface area (Å²) in [5.41, 5.74) is 0.0533. The van der Waals surface area contributed by atoms with Gasteiger partial charge in [0.25, 0.3) is 17.5 Å². The Bertz CT molecular complexity index is 1440. The van der Waals surface area contributed by atoms with Crippen molar-refractivity contribution in [3.05, 3.63) is 98.8 Å². The van der Waals surface area contributed by atoms with Gasteiger partial charge in [0, 0.05) is 25.1 Å². The Morgan fingerprint density at radius 2 is 1.76 bits per heavy atom. The Hall–Kier alpha value is -4.64. The minimum atomic E-state index is -1.25. The van der Waals surface area contributed by atoms with E-state index < -0.39 is 46.2 Å². The molecule has 3 aromatic carbocycles. The standard InChI is InChI=1S/C26H19ClFN3O7/c1-15(32)38-20-9-7-19(8-10-20)30-24(33)13-23(26(30)35)29(14-16-2-5-18(28)6-3-16)25(34)17-4-11-21(27)22(12-17)31(36)37/h2-12,23H,13-14H2,1H3. The minimum Gasteiger partial charge on any atom is -0.427 e. The van der Waals surface area contributed by atoms with Crippen LogP contribution in [0.15, 0.2) is 66.7 Å². The van der Waals surface area contributed by atoms with Crippen molar-refractivity contribution in [3.8, 4) is 5.75 Å². The fraction of sp³-hybridized carbons (Fsp3) is 0.154. The first-order chi connectivity index (χ1) is 18.0. The zero-order valence-electron chi connectivity index (χ0n) is 19.8. The number of nitro groups is 1. The molecule has 3 amide bonds. The van der Waals surface area contributed by atoms with Crippen molar-refractivity contribution >= 4 is 46.7 Å². The van der Waals surface area contributed by atoms with Crippen molar-refractivity contribution in [2.75, 3.05) is 4.90 Å². The van der Waals surface area contributed by atoms with Crippen LogP contribution in [0.1, 0.15) is 29.3 Å². The van der Waals surface area contributed by atoms with Gasteiger partial charge in [0.05, 0.1) is 17.0 Å². The third-order valence-electron chi connectivity index (χ3n) is 5.77. The Kier molecular flexibility index (Phi) is 7.49. The highest BCUT2D eigenvalue weighted by Crippen LogP contribution is 2.31. The Balaban J connectivity index is 1.69. The van der Waals surface area contributed by atoms with E-state index in [0.717, 1.165) is 15.9 Å². The van der Waals surface area contributed by atoms with Crippen LogP contribution < -0.4 is 9.64 Å². The predicted octanol–water partition coefficient (Wildman–Crippen LogP) is 4.29. The molecule has 10 nitrogen and oxygen atoms in total. The summed E-state index contributed by atoms with van der Waals surface area (Å²) in [7, 11) is 0. The molecule has 1 atom stereocenters. The molecule has 194 valence electrons. The van der Waals surface area contributed by atoms with Gasteiger partial charge in [-0.2, -0.15) is 0 Å². The van der Waals surface area contributed by atoms with Gasteiger partial charge in [-0.3, -0.25) is 29.3 Å². The average molecular weight is 540 g/mol. The molecule has 1 aliphatic rings. The maximum Gasteiger partial charge on any atom is 0.308 e. The number of halogens is 2. The number of amides is 3. The summed E-state index contributed by atoms with van der Waals surface area (Å²) in [6.45, 7) is 1.05. The molecule has 0 aliphatic carbocycles. The molecule has 1 saturated heterocycles. The van der Waals surface area contributed by atoms with Crippen molar-refractivity contribution in [3.63, 3.8) is 0 Å². The fourth-order valence-corrected chi connectivity index (χ4v) is 4.21. The van der Waals surface area contributed by atoms with Crippen LogP contribution in [0.4, 0.5) is 15.8 Å². The zero-order chi connectivity index (χ0) is 27.6. The number of hydrogen-bond acceptors (Lipinski definition) is 7. The summed E-state index contributed by atoms with van der Waals surface area (Å²) in [6, 6.07) is 13.1. The lowest BCUT2D eigenvalue weighted by Crippen LogP contribution is -2.45. The molecule has 0 radical (unpaired) electrons. The molecule has 3 aromatic rings. The van der Waals surface area contributed by atoms with Gasteiger partial charge in [-0.25, -0.2) is 9.29 Å². The van der Waals surface area contributed by atoms with Crippen LogP contribution in [-0.4, -0.2) is 39.6 Å². The molecule has 38 heavy (non-hydrogen) atoms. The predicted molar refractivity (Wildman–Crippen MR) is 133 cm³/mol. The molecule has 0 spiro atoms. The molecule has 1 heterocycles. The molecule has 1 unspecified atom stereocenters. The van der Waals surface area contributed by atoms with E-state index >= 15 is 0 Å². The highest BCUT2D eigenvalue weighted by atomic mass is 35.5. The van der Waals surface area contributed by atoms with E-state index in [1.165, 1.54) is 67.6 Å². The molecule has 0 bridgehead atoms. The lowest BCUT2D eigenvalue weighted by atomic mass is 10.1. The van der Waals surface area contributed by atoms with Crippen molar-refractivity contribution < 1.29 is 33.2 Å². The Labute approximate surface area is 220 Å². The molecule has 0 N–H and O–H groups in total. The molecule has 0 aromatic heterocycles. The number of esters is 1. The molecule has 12 heteroatoms. The molecule has 4 rings (SSSR count). The first kappa shape index (κ1) is 26.4. The van der Waals surface area contributed by atoms with Crippen LogP contribution in [0.3, 0.4) is 0 Å². The smallest absolute Gasteiger partial charge is 0.308 e. The van der Waals surface area contributed by atoms with Gasteiger partial charge in [-0.1, -0.05) is 23.7 Å². The van der Waals surface area contributed by atoms with E-state index in [9.17, 15) is 33.7 Å². The number of ether oxygens (including phenoxy) is 1. The van der Waals surface area contributed by atoms with E-state index in [1.807, 2.05) is 0 Å². The zero-order valence-corrected chi connectivity index (χ0v) is 20.6. The summed E-state index contributed by atoms with van der Waals surface area (Å²) < 4.78 is 18.4. The lowest BCUT2D eigenvalue weighted by Gasteiger charge is -2.28. The number of carbonyl (C=O) groups excluding carboxylic acids is 4. The first-order valence-electron chi connectivity index (χ1n) is 11.2. The maximum absolute atomic E-state index is 13.6. The van der Waals surface area contributed by atoms with E-state index in [0.29, 0.717) is 5.56 Å². The van der Waals surface area contributed by atoms with E-state index in [2.05, 4.69) is 0 Å². The number of rotatable bonds is 7. The molecular weight excluding hydrogens is 521 g/mol. The Morgan fingerprint density at radius 1 is 1.11 bits per heavy atom. The SMILES string of the molecule is CC(=O)Oc1ccc(N2C(=O)CC(N(Cc3ccc(F)cc3)C(=O)c3ccc(Cl)c([N+](=O)[O-])c3)C2=O)cc1. The molecule has 0 saturated carbocycles. The van der Waals surface area contributed by atoms with Crippen LogP contribution >= 0.6 is 11.6 Å². The number of nitrogens with zero attached hydrogens (tertiary/aromatic N) is 3. The number of hydrogen-bond donors (Lipinski definition) is 0. The topological polar surface area (TPSA) is 127 Å². The summed E-state index contributed by atoms with van der Waals surface area (Å²) in [5, 5.41) is 11.2. The van der Waals surface area contributed by atoms with Crippen molar-refractivity contribution in [2.24, 2.45) is 0 Å². The van der Waals surface area contributed by atoms with Gasteiger partial charge in [-0.05, 0) is 54.1 Å². The van der Waals surface area contributed by atoms with Crippen LogP contribution in [-0.2, 0) is 20.9 Å². The second-order valence-electron chi connectivity index (χ2n) is 8.36. The third kappa shape index (κ3) is 5.52. The monoisotopic (exact) mass is 539 g/mol. The molecule has 1 fully saturated rings. The van der Waals surface area contributed by atoms with E-state index in [-0.39, 0.29) is 35.0 Å². The number of carbonyl (C=O) groups is 4. The van der Waals surface area contributed by atoms with Crippen LogP contribution in [0, 0.1) is 15.9 Å². The van der Waals surface area contributed by atoms with E-state index in [4.69, 9.17) is 16.3 Å². The summed E-state index contributed by atoms with van der Waals surface area (Å²) in [5.74, 6) is -2.87. The van der Waals surface area contributed by atoms with Gasteiger partial charge in [0.1, 0.15) is 22.6 Å². The maximum atomic E-state index is 13.6. The highest BCUT2D eigenvalue weighted by molar-refractivity contribution is 6.32. The largest absolute Gasteiger partial charge is 0.427 e. The highest BCUT2D eigenvalue weighted by Gasteiger charge is 2.44. The van der Waals surface area contributed by atoms with Crippen molar-refractivity contribution in [1.82, 2.24) is 4.90 Å². The second kappa shape index (κ2) is 10.8. The van der Waals surface area contributed by atoms with E-state index in [1.54, 1.807) is 0 Å². The fourth-order valence-electron chi connectivity index (χ4n) is 4.02. The number of imide groups is 1. The lowest BCUT2D eigenvalue weighted by molar-refractivity contribution is -0.384. The Morgan fingerprint density at radius 3 is 2.37 bits per heavy atom. The van der Waals surface area contributed by atoms with Gasteiger partial charge in [0.2, 0.25) is 5.91 Å². The van der Waals surface area contributed by atoms with Gasteiger partial charge >= 0.3 is 5.97 Å². The summed E-state index contributed by atoms with van der Waals surface area (Å²) >= 11 is 5.88. The first-order valence-corrected chi connectivity index (χ1v) is 11.6. The van der Waals surface area contributed by atoms with Crippen molar-refractivity contribution in [1.29, 1.82) is 0 Å². The normalized spacial score (nSPS) is 14.9. The number of nitro benzene ring substituents is 1. The average Bonchev–Trinajstić information content (AvgIpc) is 3.17. The molecule has 1 aliphatic heterocycles. The summed E-state index contributed by atoms with van der Waals surface area (Å²) in [6.07, 6.45) is -0.354. The van der Waals surface area contributed by atoms with Gasteiger partial charge in [0.15, 0.2) is 0 Å². The third-order valence-corrected chi connectivity index (χ3v) is 6.09. The van der Waals surface area contributed by atoms with Crippen molar-refractivity contribution in [2.45, 2.75) is 25.9 Å². The summed E-state index contributed by atoms with van der Waals surface area (Å²) in [4.78, 5) is 63.8. The van der Waals surface area contributed by atoms with Gasteiger partial charge < -0.3 is 9.64 Å². The number of anilines is 1. The minimum absolute atomic E-state index is 0.118. The van der Waals surface area contributed by atoms with Crippen LogP contribution in [0.5, 0.6) is 5.75 Å². The quantitative estimate of drug-likeness (QED) is 0.144.